The third kappa shape index (κ3) is 4.18. The largest absolute Gasteiger partial charge is 0.352 e. The molecule has 2 amide bonds. The van der Waals surface area contributed by atoms with Crippen LogP contribution in [0.3, 0.4) is 0 Å². The molecule has 1 fully saturated rings. The number of rotatable bonds is 5. The van der Waals surface area contributed by atoms with Crippen LogP contribution in [0, 0.1) is 5.92 Å². The summed E-state index contributed by atoms with van der Waals surface area (Å²) in [7, 11) is 0. The van der Waals surface area contributed by atoms with E-state index in [4.69, 9.17) is 0 Å². The maximum Gasteiger partial charge on any atom is 0.225 e. The lowest BCUT2D eigenvalue weighted by Gasteiger charge is -2.18. The number of amides is 2. The van der Waals surface area contributed by atoms with Crippen LogP contribution in [-0.2, 0) is 35.5 Å². The molecule has 1 aromatic heterocycles. The van der Waals surface area contributed by atoms with Gasteiger partial charge in [0.1, 0.15) is 0 Å². The molecule has 1 aromatic carbocycles. The number of carbonyl (C=O) groups is 2. The molecule has 1 aliphatic heterocycles. The van der Waals surface area contributed by atoms with Crippen molar-refractivity contribution in [2.45, 2.75) is 45.2 Å². The summed E-state index contributed by atoms with van der Waals surface area (Å²) in [6, 6.07) is 10.3. The second-order valence-electron chi connectivity index (χ2n) is 7.56. The van der Waals surface area contributed by atoms with Crippen LogP contribution >= 0.6 is 0 Å². The fraction of sp³-hybridized carbons (Fsp3) is 0.409. The Hall–Kier alpha value is -2.69. The minimum atomic E-state index is -0.267. The zero-order valence-corrected chi connectivity index (χ0v) is 15.5. The van der Waals surface area contributed by atoms with E-state index in [1.54, 1.807) is 17.3 Å². The van der Waals surface area contributed by atoms with Crippen molar-refractivity contribution in [2.24, 2.45) is 5.92 Å². The lowest BCUT2D eigenvalue weighted by atomic mass is 9.90. The highest BCUT2D eigenvalue weighted by molar-refractivity contribution is 5.89. The predicted octanol–water partition coefficient (Wildman–Crippen LogP) is 2.63. The maximum absolute atomic E-state index is 12.6. The molecule has 2 aromatic rings. The first kappa shape index (κ1) is 17.7. The molecule has 27 heavy (non-hydrogen) atoms. The third-order valence-corrected chi connectivity index (χ3v) is 5.59. The number of benzene rings is 1. The van der Waals surface area contributed by atoms with Gasteiger partial charge in [-0.1, -0.05) is 18.2 Å². The zero-order valence-electron chi connectivity index (χ0n) is 15.5. The molecule has 1 unspecified atom stereocenters. The summed E-state index contributed by atoms with van der Waals surface area (Å²) in [5, 5.41) is 3.02. The van der Waals surface area contributed by atoms with Crippen LogP contribution in [0.25, 0.3) is 0 Å². The molecule has 5 nitrogen and oxygen atoms in total. The molecule has 0 saturated carbocycles. The molecule has 1 saturated heterocycles. The smallest absolute Gasteiger partial charge is 0.225 e. The van der Waals surface area contributed by atoms with Gasteiger partial charge in [0.25, 0.3) is 0 Å². The number of hydrogen-bond donors (Lipinski definition) is 1. The number of aromatic nitrogens is 1. The second kappa shape index (κ2) is 7.91. The van der Waals surface area contributed by atoms with E-state index >= 15 is 0 Å². The van der Waals surface area contributed by atoms with Gasteiger partial charge in [-0.3, -0.25) is 14.6 Å². The fourth-order valence-electron chi connectivity index (χ4n) is 4.04. The molecule has 0 bridgehead atoms. The SMILES string of the molecule is O=C(NCc1ccc2c(c1)CCCC2)C1CC(=O)N(Cc2ccncc2)C1. The summed E-state index contributed by atoms with van der Waals surface area (Å²) in [6.07, 6.45) is 8.56. The third-order valence-electron chi connectivity index (χ3n) is 5.59. The summed E-state index contributed by atoms with van der Waals surface area (Å²) < 4.78 is 0. The van der Waals surface area contributed by atoms with Gasteiger partial charge in [0, 0.05) is 38.4 Å². The number of likely N-dealkylation sites (tertiary alicyclic amines) is 1. The van der Waals surface area contributed by atoms with Crippen molar-refractivity contribution in [1.29, 1.82) is 0 Å². The molecule has 2 aliphatic rings. The van der Waals surface area contributed by atoms with E-state index in [1.165, 1.54) is 30.4 Å². The van der Waals surface area contributed by atoms with Crippen LogP contribution in [0.15, 0.2) is 42.7 Å². The predicted molar refractivity (Wildman–Crippen MR) is 103 cm³/mol. The van der Waals surface area contributed by atoms with Gasteiger partial charge in [-0.25, -0.2) is 0 Å². The number of fused-ring (bicyclic) bond motifs is 1. The van der Waals surface area contributed by atoms with Gasteiger partial charge in [0.15, 0.2) is 0 Å². The molecule has 140 valence electrons. The number of carbonyl (C=O) groups excluding carboxylic acids is 2. The van der Waals surface area contributed by atoms with E-state index in [0.717, 1.165) is 17.5 Å². The molecule has 4 rings (SSSR count). The van der Waals surface area contributed by atoms with E-state index < -0.39 is 0 Å². The van der Waals surface area contributed by atoms with Gasteiger partial charge in [-0.05, 0) is 60.1 Å². The first-order valence-corrected chi connectivity index (χ1v) is 9.74. The Kier molecular flexibility index (Phi) is 5.19. The molecule has 1 aliphatic carbocycles. The normalized spacial score (nSPS) is 19.0. The van der Waals surface area contributed by atoms with Gasteiger partial charge in [0.2, 0.25) is 11.8 Å². The lowest BCUT2D eigenvalue weighted by molar-refractivity contribution is -0.129. The van der Waals surface area contributed by atoms with Crippen molar-refractivity contribution in [3.8, 4) is 0 Å². The van der Waals surface area contributed by atoms with E-state index in [2.05, 4.69) is 28.5 Å². The summed E-state index contributed by atoms with van der Waals surface area (Å²) in [5.41, 5.74) is 5.05. The van der Waals surface area contributed by atoms with Gasteiger partial charge in [-0.15, -0.1) is 0 Å². The van der Waals surface area contributed by atoms with Crippen LogP contribution < -0.4 is 5.32 Å². The first-order valence-electron chi connectivity index (χ1n) is 9.74. The minimum absolute atomic E-state index is 0.0294. The van der Waals surface area contributed by atoms with Crippen molar-refractivity contribution in [1.82, 2.24) is 15.2 Å². The van der Waals surface area contributed by atoms with Crippen molar-refractivity contribution in [3.05, 3.63) is 65.0 Å². The van der Waals surface area contributed by atoms with Crippen molar-refractivity contribution in [2.75, 3.05) is 6.54 Å². The number of hydrogen-bond acceptors (Lipinski definition) is 3. The molecule has 5 heteroatoms. The average molecular weight is 363 g/mol. The highest BCUT2D eigenvalue weighted by Crippen LogP contribution is 2.23. The molecule has 0 radical (unpaired) electrons. The summed E-state index contributed by atoms with van der Waals surface area (Å²) in [5.74, 6) is -0.254. The van der Waals surface area contributed by atoms with Crippen LogP contribution in [0.4, 0.5) is 0 Å². The Morgan fingerprint density at radius 3 is 2.67 bits per heavy atom. The van der Waals surface area contributed by atoms with Crippen LogP contribution in [-0.4, -0.2) is 28.2 Å². The maximum atomic E-state index is 12.6. The van der Waals surface area contributed by atoms with E-state index in [0.29, 0.717) is 26.1 Å². The summed E-state index contributed by atoms with van der Waals surface area (Å²) in [4.78, 5) is 30.6. The molecule has 1 atom stereocenters. The Morgan fingerprint density at radius 2 is 1.85 bits per heavy atom. The standard InChI is InChI=1S/C22H25N3O2/c26-21-12-20(15-25(21)14-16-7-9-23-10-8-16)22(27)24-13-17-5-6-18-3-1-2-4-19(18)11-17/h5-11,20H,1-4,12-15H2,(H,24,27). The molecule has 0 spiro atoms. The van der Waals surface area contributed by atoms with Gasteiger partial charge in [0.05, 0.1) is 5.92 Å². The topological polar surface area (TPSA) is 62.3 Å². The quantitative estimate of drug-likeness (QED) is 0.888. The molecular weight excluding hydrogens is 338 g/mol. The first-order chi connectivity index (χ1) is 13.2. The Balaban J connectivity index is 1.32. The summed E-state index contributed by atoms with van der Waals surface area (Å²) >= 11 is 0. The lowest BCUT2D eigenvalue weighted by Crippen LogP contribution is -2.32. The number of aryl methyl sites for hydroxylation is 2. The fourth-order valence-corrected chi connectivity index (χ4v) is 4.04. The highest BCUT2D eigenvalue weighted by Gasteiger charge is 2.34. The van der Waals surface area contributed by atoms with E-state index in [-0.39, 0.29) is 17.7 Å². The van der Waals surface area contributed by atoms with Crippen LogP contribution in [0.2, 0.25) is 0 Å². The molecular formula is C22H25N3O2. The summed E-state index contributed by atoms with van der Waals surface area (Å²) in [6.45, 7) is 1.55. The Morgan fingerprint density at radius 1 is 1.07 bits per heavy atom. The van der Waals surface area contributed by atoms with Crippen molar-refractivity contribution >= 4 is 11.8 Å². The van der Waals surface area contributed by atoms with Gasteiger partial charge >= 0.3 is 0 Å². The highest BCUT2D eigenvalue weighted by atomic mass is 16.2. The van der Waals surface area contributed by atoms with Crippen molar-refractivity contribution in [3.63, 3.8) is 0 Å². The second-order valence-corrected chi connectivity index (χ2v) is 7.56. The number of pyridine rings is 1. The van der Waals surface area contributed by atoms with Gasteiger partial charge < -0.3 is 10.2 Å². The van der Waals surface area contributed by atoms with Crippen LogP contribution in [0.1, 0.15) is 41.5 Å². The number of nitrogens with zero attached hydrogens (tertiary/aromatic N) is 2. The minimum Gasteiger partial charge on any atom is -0.352 e. The Labute approximate surface area is 159 Å². The van der Waals surface area contributed by atoms with E-state index in [9.17, 15) is 9.59 Å². The number of nitrogens with one attached hydrogen (secondary N) is 1. The van der Waals surface area contributed by atoms with Crippen molar-refractivity contribution < 1.29 is 9.59 Å². The molecule has 1 N–H and O–H groups in total. The van der Waals surface area contributed by atoms with Crippen LogP contribution in [0.5, 0.6) is 0 Å². The monoisotopic (exact) mass is 363 g/mol. The average Bonchev–Trinajstić information content (AvgIpc) is 3.07. The van der Waals surface area contributed by atoms with Gasteiger partial charge in [-0.2, -0.15) is 0 Å². The molecule has 2 heterocycles. The van der Waals surface area contributed by atoms with E-state index in [1.807, 2.05) is 12.1 Å². The Bertz CT molecular complexity index is 835. The zero-order chi connectivity index (χ0) is 18.6.